The summed E-state index contributed by atoms with van der Waals surface area (Å²) in [6, 6.07) is 10.1. The molecule has 6 nitrogen and oxygen atoms in total. The van der Waals surface area contributed by atoms with Gasteiger partial charge in [-0.3, -0.25) is 9.89 Å². The Kier molecular flexibility index (Phi) is 4.09. The number of hydrogen-bond acceptors (Lipinski definition) is 4. The van der Waals surface area contributed by atoms with Gasteiger partial charge in [-0.2, -0.15) is 5.10 Å². The Morgan fingerprint density at radius 3 is 2.88 bits per heavy atom. The van der Waals surface area contributed by atoms with E-state index in [2.05, 4.69) is 46.5 Å². The van der Waals surface area contributed by atoms with Crippen molar-refractivity contribution in [3.05, 3.63) is 59.7 Å². The predicted octanol–water partition coefficient (Wildman–Crippen LogP) is 3.39. The summed E-state index contributed by atoms with van der Waals surface area (Å²) in [6.45, 7) is 3.48. The van der Waals surface area contributed by atoms with Crippen LogP contribution in [-0.4, -0.2) is 39.3 Å². The van der Waals surface area contributed by atoms with Gasteiger partial charge in [-0.1, -0.05) is 35.0 Å². The third-order valence-electron chi connectivity index (χ3n) is 4.81. The molecular formula is C19H20N4O2. The highest BCUT2D eigenvalue weighted by Crippen LogP contribution is 2.33. The maximum absolute atomic E-state index is 12.5. The number of aromatic nitrogens is 3. The summed E-state index contributed by atoms with van der Waals surface area (Å²) in [5.74, 6) is 0.165. The Hall–Kier alpha value is -2.89. The molecule has 1 amide bonds. The molecule has 1 aliphatic rings. The van der Waals surface area contributed by atoms with Crippen LogP contribution in [0.1, 0.15) is 40.5 Å². The maximum atomic E-state index is 12.5. The van der Waals surface area contributed by atoms with E-state index in [-0.39, 0.29) is 11.8 Å². The molecular weight excluding hydrogens is 316 g/mol. The second-order valence-electron chi connectivity index (χ2n) is 6.54. The molecule has 1 aliphatic heterocycles. The largest absolute Gasteiger partial charge is 0.364 e. The lowest BCUT2D eigenvalue weighted by atomic mass is 9.90. The molecule has 128 valence electrons. The third-order valence-corrected chi connectivity index (χ3v) is 4.81. The molecule has 4 rings (SSSR count). The zero-order chi connectivity index (χ0) is 17.2. The number of rotatable bonds is 3. The van der Waals surface area contributed by atoms with Gasteiger partial charge in [0.05, 0.1) is 6.20 Å². The first-order valence-electron chi connectivity index (χ1n) is 8.52. The van der Waals surface area contributed by atoms with Crippen LogP contribution in [0, 0.1) is 6.92 Å². The first-order chi connectivity index (χ1) is 12.2. The number of H-pyrrole nitrogens is 1. The number of benzene rings is 1. The van der Waals surface area contributed by atoms with Crippen molar-refractivity contribution < 1.29 is 9.32 Å². The van der Waals surface area contributed by atoms with Gasteiger partial charge in [0.15, 0.2) is 5.69 Å². The number of nitrogens with one attached hydrogen (secondary N) is 1. The van der Waals surface area contributed by atoms with E-state index in [0.717, 1.165) is 36.2 Å². The summed E-state index contributed by atoms with van der Waals surface area (Å²) >= 11 is 0. The van der Waals surface area contributed by atoms with E-state index in [1.165, 1.54) is 11.8 Å². The van der Waals surface area contributed by atoms with Crippen LogP contribution in [-0.2, 0) is 0 Å². The Morgan fingerprint density at radius 1 is 1.28 bits per heavy atom. The van der Waals surface area contributed by atoms with Crippen molar-refractivity contribution in [1.29, 1.82) is 0 Å². The Labute approximate surface area is 145 Å². The number of piperidine rings is 1. The highest BCUT2D eigenvalue weighted by atomic mass is 16.5. The van der Waals surface area contributed by atoms with Crippen LogP contribution in [0.4, 0.5) is 0 Å². The SMILES string of the molecule is Cc1ccc(-c2cn[nH]c2C2CCCN(C(=O)c3ccon3)C2)cc1. The Balaban J connectivity index is 1.57. The van der Waals surface area contributed by atoms with Crippen molar-refractivity contribution in [1.82, 2.24) is 20.3 Å². The molecule has 0 aliphatic carbocycles. The van der Waals surface area contributed by atoms with E-state index in [9.17, 15) is 4.79 Å². The van der Waals surface area contributed by atoms with Gasteiger partial charge in [-0.25, -0.2) is 0 Å². The van der Waals surface area contributed by atoms with E-state index in [1.54, 1.807) is 6.07 Å². The average Bonchev–Trinajstić information content (AvgIpc) is 3.34. The van der Waals surface area contributed by atoms with E-state index in [0.29, 0.717) is 12.2 Å². The highest BCUT2D eigenvalue weighted by molar-refractivity contribution is 5.92. The van der Waals surface area contributed by atoms with Crippen LogP contribution in [0.3, 0.4) is 0 Å². The van der Waals surface area contributed by atoms with Gasteiger partial charge in [0, 0.05) is 36.3 Å². The summed E-state index contributed by atoms with van der Waals surface area (Å²) in [5.41, 5.74) is 4.96. The summed E-state index contributed by atoms with van der Waals surface area (Å²) in [5, 5.41) is 11.2. The first kappa shape index (κ1) is 15.6. The van der Waals surface area contributed by atoms with Crippen molar-refractivity contribution in [2.24, 2.45) is 0 Å². The molecule has 3 aromatic rings. The molecule has 0 bridgehead atoms. The fraction of sp³-hybridized carbons (Fsp3) is 0.316. The van der Waals surface area contributed by atoms with Gasteiger partial charge in [-0.05, 0) is 25.3 Å². The smallest absolute Gasteiger partial charge is 0.276 e. The second-order valence-corrected chi connectivity index (χ2v) is 6.54. The maximum Gasteiger partial charge on any atom is 0.276 e. The van der Waals surface area contributed by atoms with Crippen molar-refractivity contribution >= 4 is 5.91 Å². The van der Waals surface area contributed by atoms with Crippen molar-refractivity contribution in [3.8, 4) is 11.1 Å². The molecule has 6 heteroatoms. The molecule has 0 saturated carbocycles. The molecule has 3 heterocycles. The fourth-order valence-corrected chi connectivity index (χ4v) is 3.45. The Bertz CT molecular complexity index is 852. The van der Waals surface area contributed by atoms with E-state index >= 15 is 0 Å². The van der Waals surface area contributed by atoms with Crippen molar-refractivity contribution in [3.63, 3.8) is 0 Å². The molecule has 1 unspecified atom stereocenters. The number of aromatic amines is 1. The minimum absolute atomic E-state index is 0.0742. The highest BCUT2D eigenvalue weighted by Gasteiger charge is 2.29. The number of carbonyl (C=O) groups excluding carboxylic acids is 1. The van der Waals surface area contributed by atoms with Gasteiger partial charge in [0.1, 0.15) is 6.26 Å². The standard InChI is InChI=1S/C19H20N4O2/c1-13-4-6-14(7-5-13)16-11-20-21-18(16)15-3-2-9-23(12-15)19(24)17-8-10-25-22-17/h4-8,10-11,15H,2-3,9,12H2,1H3,(H,20,21). The van der Waals surface area contributed by atoms with Gasteiger partial charge in [0.25, 0.3) is 5.91 Å². The van der Waals surface area contributed by atoms with Crippen LogP contribution < -0.4 is 0 Å². The quantitative estimate of drug-likeness (QED) is 0.795. The zero-order valence-electron chi connectivity index (χ0n) is 14.1. The van der Waals surface area contributed by atoms with Crippen LogP contribution in [0.25, 0.3) is 11.1 Å². The molecule has 25 heavy (non-hydrogen) atoms. The normalized spacial score (nSPS) is 17.6. The summed E-state index contributed by atoms with van der Waals surface area (Å²) in [6.07, 6.45) is 5.29. The number of aryl methyl sites for hydroxylation is 1. The van der Waals surface area contributed by atoms with Gasteiger partial charge >= 0.3 is 0 Å². The molecule has 1 N–H and O–H groups in total. The lowest BCUT2D eigenvalue weighted by Gasteiger charge is -2.32. The zero-order valence-corrected chi connectivity index (χ0v) is 14.1. The predicted molar refractivity (Wildman–Crippen MR) is 93.1 cm³/mol. The molecule has 1 saturated heterocycles. The number of carbonyl (C=O) groups is 1. The fourth-order valence-electron chi connectivity index (χ4n) is 3.45. The lowest BCUT2D eigenvalue weighted by molar-refractivity contribution is 0.0695. The van der Waals surface area contributed by atoms with E-state index in [1.807, 2.05) is 11.1 Å². The van der Waals surface area contributed by atoms with Crippen LogP contribution >= 0.6 is 0 Å². The molecule has 1 fully saturated rings. The Morgan fingerprint density at radius 2 is 2.12 bits per heavy atom. The second kappa shape index (κ2) is 6.55. The summed E-state index contributed by atoms with van der Waals surface area (Å²) in [7, 11) is 0. The van der Waals surface area contributed by atoms with E-state index in [4.69, 9.17) is 4.52 Å². The van der Waals surface area contributed by atoms with Crippen molar-refractivity contribution in [2.75, 3.05) is 13.1 Å². The lowest BCUT2D eigenvalue weighted by Crippen LogP contribution is -2.39. The molecule has 1 aromatic carbocycles. The van der Waals surface area contributed by atoms with Crippen LogP contribution in [0.15, 0.2) is 47.3 Å². The summed E-state index contributed by atoms with van der Waals surface area (Å²) < 4.78 is 4.80. The number of hydrogen-bond donors (Lipinski definition) is 1. The third kappa shape index (κ3) is 3.07. The molecule has 1 atom stereocenters. The van der Waals surface area contributed by atoms with E-state index < -0.39 is 0 Å². The van der Waals surface area contributed by atoms with Crippen LogP contribution in [0.5, 0.6) is 0 Å². The topological polar surface area (TPSA) is 75.0 Å². The van der Waals surface area contributed by atoms with Gasteiger partial charge in [0.2, 0.25) is 0 Å². The average molecular weight is 336 g/mol. The number of nitrogens with zero attached hydrogens (tertiary/aromatic N) is 3. The van der Waals surface area contributed by atoms with Gasteiger partial charge < -0.3 is 9.42 Å². The minimum Gasteiger partial charge on any atom is -0.364 e. The molecule has 0 spiro atoms. The number of amides is 1. The minimum atomic E-state index is -0.0742. The molecule has 2 aromatic heterocycles. The summed E-state index contributed by atoms with van der Waals surface area (Å²) in [4.78, 5) is 14.4. The van der Waals surface area contributed by atoms with Crippen molar-refractivity contribution in [2.45, 2.75) is 25.7 Å². The monoisotopic (exact) mass is 336 g/mol. The van der Waals surface area contributed by atoms with Crippen LogP contribution in [0.2, 0.25) is 0 Å². The van der Waals surface area contributed by atoms with Gasteiger partial charge in [-0.15, -0.1) is 0 Å². The first-order valence-corrected chi connectivity index (χ1v) is 8.52. The molecule has 0 radical (unpaired) electrons. The number of likely N-dealkylation sites (tertiary alicyclic amines) is 1.